The van der Waals surface area contributed by atoms with Gasteiger partial charge in [-0.3, -0.25) is 9.59 Å². The number of fused-ring (bicyclic) bond motifs is 1. The van der Waals surface area contributed by atoms with Crippen LogP contribution in [-0.4, -0.2) is 46.5 Å². The molecule has 1 atom stereocenters. The highest BCUT2D eigenvalue weighted by atomic mass is 19.1. The number of hydrogen-bond donors (Lipinski definition) is 1. The van der Waals surface area contributed by atoms with Gasteiger partial charge in [-0.25, -0.2) is 9.37 Å². The lowest BCUT2D eigenvalue weighted by molar-refractivity contribution is -0.126. The molecule has 1 aliphatic rings. The summed E-state index contributed by atoms with van der Waals surface area (Å²) in [5.74, 6) is -0.731. The largest absolute Gasteiger partial charge is 0.356 e. The maximum absolute atomic E-state index is 13.6. The number of carbonyl (C=O) groups is 2. The van der Waals surface area contributed by atoms with E-state index in [9.17, 15) is 14.0 Å². The smallest absolute Gasteiger partial charge is 0.259 e. The van der Waals surface area contributed by atoms with Crippen molar-refractivity contribution in [2.75, 3.05) is 19.6 Å². The van der Waals surface area contributed by atoms with Gasteiger partial charge in [0.25, 0.3) is 11.6 Å². The van der Waals surface area contributed by atoms with E-state index in [0.29, 0.717) is 47.5 Å². The molecular weight excluding hydrogens is 435 g/mol. The van der Waals surface area contributed by atoms with Crippen molar-refractivity contribution in [1.29, 1.82) is 0 Å². The Kier molecular flexibility index (Phi) is 7.55. The zero-order valence-corrected chi connectivity index (χ0v) is 19.8. The molecule has 0 bridgehead atoms. The molecule has 2 amide bonds. The standard InChI is InChI=1S/C26H31FN4O3/c1-3-4-5-6-13-28-24(32)19-8-7-14-31(16-19)26(33)21-15-22(18-9-11-20(27)12-10-18)29-25-23(21)17(2)30-34-25/h9-12,15,19H,3-8,13-14,16H2,1-2H3,(H,28,32). The fraction of sp³-hybridized carbons (Fsp3) is 0.462. The number of nitrogens with one attached hydrogen (secondary N) is 1. The topological polar surface area (TPSA) is 88.3 Å². The van der Waals surface area contributed by atoms with Gasteiger partial charge in [0.2, 0.25) is 5.91 Å². The summed E-state index contributed by atoms with van der Waals surface area (Å²) in [5, 5.41) is 7.60. The predicted octanol–water partition coefficient (Wildman–Crippen LogP) is 4.89. The Morgan fingerprint density at radius 2 is 2.00 bits per heavy atom. The van der Waals surface area contributed by atoms with E-state index in [1.54, 1.807) is 30.0 Å². The van der Waals surface area contributed by atoms with Crippen molar-refractivity contribution in [2.45, 2.75) is 52.4 Å². The Labute approximate surface area is 198 Å². The number of nitrogens with zero attached hydrogens (tertiary/aromatic N) is 3. The van der Waals surface area contributed by atoms with Gasteiger partial charge in [0.15, 0.2) is 0 Å². The molecule has 3 aromatic rings. The lowest BCUT2D eigenvalue weighted by atomic mass is 9.95. The minimum atomic E-state index is -0.348. The van der Waals surface area contributed by atoms with Gasteiger partial charge >= 0.3 is 0 Å². The van der Waals surface area contributed by atoms with Crippen LogP contribution in [0.5, 0.6) is 0 Å². The highest BCUT2D eigenvalue weighted by Gasteiger charge is 2.30. The molecule has 1 unspecified atom stereocenters. The second kappa shape index (κ2) is 10.8. The first-order valence-corrected chi connectivity index (χ1v) is 12.1. The Balaban J connectivity index is 1.54. The molecule has 34 heavy (non-hydrogen) atoms. The summed E-state index contributed by atoms with van der Waals surface area (Å²) in [5.41, 5.74) is 2.45. The molecule has 7 nitrogen and oxygen atoms in total. The molecule has 1 saturated heterocycles. The molecule has 2 aromatic heterocycles. The van der Waals surface area contributed by atoms with Crippen molar-refractivity contribution >= 4 is 22.9 Å². The molecule has 3 heterocycles. The number of amides is 2. The first-order valence-electron chi connectivity index (χ1n) is 12.1. The summed E-state index contributed by atoms with van der Waals surface area (Å²) in [7, 11) is 0. The zero-order chi connectivity index (χ0) is 24.1. The quantitative estimate of drug-likeness (QED) is 0.478. The number of likely N-dealkylation sites (tertiary alicyclic amines) is 1. The number of rotatable bonds is 8. The van der Waals surface area contributed by atoms with Crippen LogP contribution in [0.15, 0.2) is 34.9 Å². The maximum atomic E-state index is 13.6. The van der Waals surface area contributed by atoms with Crippen LogP contribution >= 0.6 is 0 Å². The Morgan fingerprint density at radius 3 is 2.76 bits per heavy atom. The van der Waals surface area contributed by atoms with Gasteiger partial charge < -0.3 is 14.7 Å². The number of halogens is 1. The van der Waals surface area contributed by atoms with Gasteiger partial charge in [-0.1, -0.05) is 31.3 Å². The van der Waals surface area contributed by atoms with Gasteiger partial charge in [-0.2, -0.15) is 0 Å². The molecule has 0 aliphatic carbocycles. The molecule has 180 valence electrons. The van der Waals surface area contributed by atoms with E-state index in [1.165, 1.54) is 18.6 Å². The lowest BCUT2D eigenvalue weighted by Crippen LogP contribution is -2.45. The van der Waals surface area contributed by atoms with E-state index in [-0.39, 0.29) is 29.3 Å². The van der Waals surface area contributed by atoms with E-state index in [1.807, 2.05) is 0 Å². The van der Waals surface area contributed by atoms with Crippen LogP contribution in [0.2, 0.25) is 0 Å². The Hall–Kier alpha value is -3.29. The third kappa shape index (κ3) is 5.26. The highest BCUT2D eigenvalue weighted by Crippen LogP contribution is 2.29. The van der Waals surface area contributed by atoms with Crippen LogP contribution in [-0.2, 0) is 4.79 Å². The van der Waals surface area contributed by atoms with Crippen LogP contribution in [0.1, 0.15) is 61.5 Å². The van der Waals surface area contributed by atoms with Crippen molar-refractivity contribution in [1.82, 2.24) is 20.4 Å². The molecule has 1 aromatic carbocycles. The predicted molar refractivity (Wildman–Crippen MR) is 128 cm³/mol. The van der Waals surface area contributed by atoms with E-state index in [2.05, 4.69) is 22.4 Å². The summed E-state index contributed by atoms with van der Waals surface area (Å²) in [6.07, 6.45) is 5.95. The molecule has 0 spiro atoms. The van der Waals surface area contributed by atoms with Gasteiger partial charge in [0.05, 0.1) is 28.3 Å². The fourth-order valence-corrected chi connectivity index (χ4v) is 4.49. The van der Waals surface area contributed by atoms with Gasteiger partial charge in [-0.15, -0.1) is 0 Å². The van der Waals surface area contributed by atoms with Gasteiger partial charge in [0, 0.05) is 25.2 Å². The fourth-order valence-electron chi connectivity index (χ4n) is 4.49. The van der Waals surface area contributed by atoms with Crippen molar-refractivity contribution in [3.8, 4) is 11.3 Å². The zero-order valence-electron chi connectivity index (χ0n) is 19.8. The van der Waals surface area contributed by atoms with Crippen molar-refractivity contribution < 1.29 is 18.5 Å². The SMILES string of the molecule is CCCCCCNC(=O)C1CCCN(C(=O)c2cc(-c3ccc(F)cc3)nc3onc(C)c23)C1. The van der Waals surface area contributed by atoms with E-state index in [0.717, 1.165) is 32.1 Å². The third-order valence-electron chi connectivity index (χ3n) is 6.40. The number of benzene rings is 1. The summed E-state index contributed by atoms with van der Waals surface area (Å²) in [6.45, 7) is 5.56. The normalized spacial score (nSPS) is 16.1. The average molecular weight is 467 g/mol. The first kappa shape index (κ1) is 23.9. The lowest BCUT2D eigenvalue weighted by Gasteiger charge is -2.32. The number of unbranched alkanes of at least 4 members (excludes halogenated alkanes) is 3. The van der Waals surface area contributed by atoms with Crippen LogP contribution in [0.3, 0.4) is 0 Å². The number of aromatic nitrogens is 2. The second-order valence-electron chi connectivity index (χ2n) is 8.95. The molecule has 8 heteroatoms. The van der Waals surface area contributed by atoms with Crippen LogP contribution in [0.4, 0.5) is 4.39 Å². The average Bonchev–Trinajstić information content (AvgIpc) is 3.24. The minimum absolute atomic E-state index is 0.0158. The third-order valence-corrected chi connectivity index (χ3v) is 6.40. The molecule has 0 radical (unpaired) electrons. The summed E-state index contributed by atoms with van der Waals surface area (Å²) < 4.78 is 18.8. The maximum Gasteiger partial charge on any atom is 0.259 e. The number of hydrogen-bond acceptors (Lipinski definition) is 5. The van der Waals surface area contributed by atoms with E-state index < -0.39 is 0 Å². The second-order valence-corrected chi connectivity index (χ2v) is 8.95. The van der Waals surface area contributed by atoms with Crippen LogP contribution in [0, 0.1) is 18.7 Å². The summed E-state index contributed by atoms with van der Waals surface area (Å²) in [6, 6.07) is 7.64. The summed E-state index contributed by atoms with van der Waals surface area (Å²) >= 11 is 0. The van der Waals surface area contributed by atoms with Gasteiger partial charge in [-0.05, 0) is 56.5 Å². The Bertz CT molecular complexity index is 1160. The monoisotopic (exact) mass is 466 g/mol. The number of aryl methyl sites for hydroxylation is 1. The molecule has 0 saturated carbocycles. The van der Waals surface area contributed by atoms with Gasteiger partial charge in [0.1, 0.15) is 5.82 Å². The first-order chi connectivity index (χ1) is 16.5. The van der Waals surface area contributed by atoms with Crippen molar-refractivity contribution in [2.24, 2.45) is 5.92 Å². The number of carbonyl (C=O) groups excluding carboxylic acids is 2. The van der Waals surface area contributed by atoms with Crippen molar-refractivity contribution in [3.63, 3.8) is 0 Å². The minimum Gasteiger partial charge on any atom is -0.356 e. The highest BCUT2D eigenvalue weighted by molar-refractivity contribution is 6.07. The Morgan fingerprint density at radius 1 is 1.21 bits per heavy atom. The molecule has 1 fully saturated rings. The molecular formula is C26H31FN4O3. The number of pyridine rings is 1. The summed E-state index contributed by atoms with van der Waals surface area (Å²) in [4.78, 5) is 32.6. The molecule has 1 aliphatic heterocycles. The van der Waals surface area contributed by atoms with E-state index >= 15 is 0 Å². The van der Waals surface area contributed by atoms with Crippen LogP contribution in [0.25, 0.3) is 22.4 Å². The van der Waals surface area contributed by atoms with Crippen LogP contribution < -0.4 is 5.32 Å². The number of piperidine rings is 1. The molecule has 1 N–H and O–H groups in total. The van der Waals surface area contributed by atoms with Crippen molar-refractivity contribution in [3.05, 3.63) is 47.4 Å². The van der Waals surface area contributed by atoms with E-state index in [4.69, 9.17) is 4.52 Å². The molecule has 4 rings (SSSR count).